The van der Waals surface area contributed by atoms with Gasteiger partial charge < -0.3 is 22.1 Å². The third-order valence-corrected chi connectivity index (χ3v) is 4.61. The number of carbonyl (C=O) groups is 3. The molecule has 1 saturated heterocycles. The van der Waals surface area contributed by atoms with Gasteiger partial charge in [-0.2, -0.15) is 0 Å². The molecule has 0 spiro atoms. The van der Waals surface area contributed by atoms with Crippen LogP contribution in [0.2, 0.25) is 0 Å². The van der Waals surface area contributed by atoms with Crippen LogP contribution in [0, 0.1) is 0 Å². The molecule has 2 rings (SSSR count). The second kappa shape index (κ2) is 9.31. The summed E-state index contributed by atoms with van der Waals surface area (Å²) in [4.78, 5) is 47.5. The zero-order valence-electron chi connectivity index (χ0n) is 15.6. The summed E-state index contributed by atoms with van der Waals surface area (Å²) in [5.41, 5.74) is 16.5. The summed E-state index contributed by atoms with van der Waals surface area (Å²) >= 11 is 0. The topological polar surface area (TPSA) is 172 Å². The van der Waals surface area contributed by atoms with Crippen LogP contribution in [-0.2, 0) is 14.4 Å². The second-order valence-electron chi connectivity index (χ2n) is 6.74. The monoisotopic (exact) mass is 380 g/mol. The lowest BCUT2D eigenvalue weighted by atomic mass is 10.1. The number of hydrogen-bond donors (Lipinski definition) is 4. The summed E-state index contributed by atoms with van der Waals surface area (Å²) in [7, 11) is 1.56. The van der Waals surface area contributed by atoms with Crippen LogP contribution in [0.25, 0.3) is 0 Å². The van der Waals surface area contributed by atoms with Crippen LogP contribution in [0.5, 0.6) is 0 Å². The molecule has 0 aromatic heterocycles. The lowest BCUT2D eigenvalue weighted by Crippen LogP contribution is -2.58. The number of likely N-dealkylation sites (tertiary alicyclic amines) is 1. The Kier molecular flexibility index (Phi) is 7.11. The molecular formula is C16H28N8O3. The molecule has 0 bridgehead atoms. The normalized spacial score (nSPS) is 20.7. The molecule has 11 heteroatoms. The first-order valence-electron chi connectivity index (χ1n) is 9.02. The molecule has 3 amide bonds. The van der Waals surface area contributed by atoms with Crippen molar-refractivity contribution in [3.8, 4) is 0 Å². The first-order valence-corrected chi connectivity index (χ1v) is 9.02. The van der Waals surface area contributed by atoms with Crippen LogP contribution in [0.4, 0.5) is 0 Å². The van der Waals surface area contributed by atoms with Crippen molar-refractivity contribution in [2.75, 3.05) is 26.7 Å². The Morgan fingerprint density at radius 1 is 1.44 bits per heavy atom. The van der Waals surface area contributed by atoms with Crippen LogP contribution in [0.1, 0.15) is 32.1 Å². The number of aliphatic imine (C=N–C) groups is 2. The SMILES string of the molecule is CN(C(=O)C[C@@H](N)CCCN=C(N)N)C1CN=C(N2CCCC2=O)NC1=O. The predicted octanol–water partition coefficient (Wildman–Crippen LogP) is -2.31. The van der Waals surface area contributed by atoms with Crippen molar-refractivity contribution in [3.05, 3.63) is 0 Å². The molecule has 0 radical (unpaired) electrons. The minimum Gasteiger partial charge on any atom is -0.370 e. The van der Waals surface area contributed by atoms with E-state index in [-0.39, 0.29) is 48.6 Å². The van der Waals surface area contributed by atoms with E-state index in [0.29, 0.717) is 32.4 Å². The Morgan fingerprint density at radius 2 is 2.19 bits per heavy atom. The average molecular weight is 380 g/mol. The van der Waals surface area contributed by atoms with E-state index in [9.17, 15) is 14.4 Å². The van der Waals surface area contributed by atoms with Crippen molar-refractivity contribution in [1.82, 2.24) is 15.1 Å². The highest BCUT2D eigenvalue weighted by molar-refractivity contribution is 6.08. The maximum absolute atomic E-state index is 12.4. The number of nitrogens with zero attached hydrogens (tertiary/aromatic N) is 4. The summed E-state index contributed by atoms with van der Waals surface area (Å²) < 4.78 is 0. The average Bonchev–Trinajstić information content (AvgIpc) is 3.04. The Balaban J connectivity index is 1.84. The molecule has 1 fully saturated rings. The predicted molar refractivity (Wildman–Crippen MR) is 100 cm³/mol. The van der Waals surface area contributed by atoms with Gasteiger partial charge in [0.25, 0.3) is 5.91 Å². The molecule has 0 aromatic rings. The zero-order valence-corrected chi connectivity index (χ0v) is 15.6. The molecular weight excluding hydrogens is 352 g/mol. The number of nitrogens with two attached hydrogens (primary N) is 3. The highest BCUT2D eigenvalue weighted by Gasteiger charge is 2.34. The Labute approximate surface area is 158 Å². The lowest BCUT2D eigenvalue weighted by Gasteiger charge is -2.31. The van der Waals surface area contributed by atoms with Crippen LogP contribution < -0.4 is 22.5 Å². The number of rotatable bonds is 7. The van der Waals surface area contributed by atoms with Gasteiger partial charge in [0.05, 0.1) is 6.54 Å². The van der Waals surface area contributed by atoms with Crippen molar-refractivity contribution in [2.45, 2.75) is 44.2 Å². The van der Waals surface area contributed by atoms with E-state index in [1.807, 2.05) is 0 Å². The lowest BCUT2D eigenvalue weighted by molar-refractivity contribution is -0.138. The van der Waals surface area contributed by atoms with Crippen molar-refractivity contribution >= 4 is 29.6 Å². The summed E-state index contributed by atoms with van der Waals surface area (Å²) in [6, 6.07) is -1.06. The van der Waals surface area contributed by atoms with Gasteiger partial charge in [0.2, 0.25) is 17.8 Å². The molecule has 11 nitrogen and oxygen atoms in total. The van der Waals surface area contributed by atoms with Gasteiger partial charge in [0, 0.05) is 39.0 Å². The van der Waals surface area contributed by atoms with E-state index >= 15 is 0 Å². The standard InChI is InChI=1S/C16H28N8O3/c1-23(13(26)8-10(17)4-2-6-20-15(18)19)11-9-21-16(22-14(11)27)24-7-3-5-12(24)25/h10-11H,2-9,17H2,1H3,(H4,18,19,20)(H,21,22,27)/t10-,11?/m0/s1. The number of likely N-dealkylation sites (N-methyl/N-ethyl adjacent to an activating group) is 1. The molecule has 2 atom stereocenters. The van der Waals surface area contributed by atoms with E-state index in [1.54, 1.807) is 7.05 Å². The summed E-state index contributed by atoms with van der Waals surface area (Å²) in [6.45, 7) is 1.12. The van der Waals surface area contributed by atoms with Gasteiger partial charge in [-0.25, -0.2) is 4.99 Å². The van der Waals surface area contributed by atoms with E-state index < -0.39 is 6.04 Å². The fourth-order valence-corrected chi connectivity index (χ4v) is 3.02. The van der Waals surface area contributed by atoms with Gasteiger partial charge in [-0.3, -0.25) is 29.6 Å². The van der Waals surface area contributed by atoms with Crippen LogP contribution in [-0.4, -0.2) is 78.2 Å². The Bertz CT molecular complexity index is 644. The largest absolute Gasteiger partial charge is 0.370 e. The molecule has 150 valence electrons. The number of guanidine groups is 2. The van der Waals surface area contributed by atoms with Crippen molar-refractivity contribution in [1.29, 1.82) is 0 Å². The molecule has 27 heavy (non-hydrogen) atoms. The fourth-order valence-electron chi connectivity index (χ4n) is 3.02. The van der Waals surface area contributed by atoms with E-state index in [4.69, 9.17) is 17.2 Å². The van der Waals surface area contributed by atoms with Gasteiger partial charge in [0.1, 0.15) is 6.04 Å². The molecule has 0 saturated carbocycles. The van der Waals surface area contributed by atoms with Crippen molar-refractivity contribution < 1.29 is 14.4 Å². The molecule has 2 aliphatic rings. The van der Waals surface area contributed by atoms with E-state index in [1.165, 1.54) is 9.80 Å². The summed E-state index contributed by atoms with van der Waals surface area (Å²) in [6.07, 6.45) is 2.57. The van der Waals surface area contributed by atoms with Gasteiger partial charge in [-0.05, 0) is 19.3 Å². The highest BCUT2D eigenvalue weighted by Crippen LogP contribution is 2.13. The van der Waals surface area contributed by atoms with Crippen molar-refractivity contribution in [2.24, 2.45) is 27.2 Å². The molecule has 0 aromatic carbocycles. The number of amides is 3. The minimum atomic E-state index is -0.715. The smallest absolute Gasteiger partial charge is 0.251 e. The molecule has 2 heterocycles. The van der Waals surface area contributed by atoms with Gasteiger partial charge in [0.15, 0.2) is 5.96 Å². The Hall–Kier alpha value is -2.69. The molecule has 0 aliphatic carbocycles. The summed E-state index contributed by atoms with van der Waals surface area (Å²) in [5.74, 6) is -0.338. The number of carbonyl (C=O) groups excluding carboxylic acids is 3. The maximum Gasteiger partial charge on any atom is 0.251 e. The fraction of sp³-hybridized carbons (Fsp3) is 0.688. The summed E-state index contributed by atoms with van der Waals surface area (Å²) in [5, 5.41) is 2.63. The highest BCUT2D eigenvalue weighted by atomic mass is 16.2. The van der Waals surface area contributed by atoms with Crippen molar-refractivity contribution in [3.63, 3.8) is 0 Å². The van der Waals surface area contributed by atoms with Crippen LogP contribution in [0.3, 0.4) is 0 Å². The number of hydrogen-bond acceptors (Lipinski definition) is 6. The van der Waals surface area contributed by atoms with Gasteiger partial charge in [-0.15, -0.1) is 0 Å². The molecule has 7 N–H and O–H groups in total. The number of nitrogens with one attached hydrogen (secondary N) is 1. The molecule has 1 unspecified atom stereocenters. The first kappa shape index (κ1) is 20.6. The quantitative estimate of drug-likeness (QED) is 0.219. The third kappa shape index (κ3) is 5.64. The zero-order chi connectivity index (χ0) is 20.0. The van der Waals surface area contributed by atoms with E-state index in [0.717, 1.165) is 6.42 Å². The molecule has 2 aliphatic heterocycles. The van der Waals surface area contributed by atoms with Gasteiger partial charge in [-0.1, -0.05) is 0 Å². The van der Waals surface area contributed by atoms with E-state index in [2.05, 4.69) is 15.3 Å². The van der Waals surface area contributed by atoms with Crippen LogP contribution in [0.15, 0.2) is 9.98 Å². The minimum absolute atomic E-state index is 0.0262. The first-order chi connectivity index (χ1) is 12.8. The van der Waals surface area contributed by atoms with Gasteiger partial charge >= 0.3 is 0 Å². The third-order valence-electron chi connectivity index (χ3n) is 4.61. The second-order valence-corrected chi connectivity index (χ2v) is 6.74. The Morgan fingerprint density at radius 3 is 2.78 bits per heavy atom. The van der Waals surface area contributed by atoms with Crippen LogP contribution >= 0.6 is 0 Å². The maximum atomic E-state index is 12.4.